The topological polar surface area (TPSA) is 183 Å². The minimum Gasteiger partial charge on any atom is -0.504 e. The zero-order chi connectivity index (χ0) is 37.6. The van der Waals surface area contributed by atoms with Crippen LogP contribution in [0.2, 0.25) is 0 Å². The van der Waals surface area contributed by atoms with Crippen molar-refractivity contribution in [2.45, 2.75) is 30.1 Å². The first kappa shape index (κ1) is 36.2. The number of ketones is 1. The average Bonchev–Trinajstić information content (AvgIpc) is 3.89. The average molecular weight is 731 g/mol. The third kappa shape index (κ3) is 6.23. The molecule has 3 heterocycles. The van der Waals surface area contributed by atoms with Gasteiger partial charge in [-0.25, -0.2) is 0 Å². The van der Waals surface area contributed by atoms with E-state index in [0.717, 1.165) is 16.7 Å². The number of carbonyl (C=O) groups is 1. The van der Waals surface area contributed by atoms with Gasteiger partial charge in [-0.1, -0.05) is 6.07 Å². The Labute approximate surface area is 305 Å². The lowest BCUT2D eigenvalue weighted by Crippen LogP contribution is -2.19. The molecule has 0 amide bonds. The third-order valence-corrected chi connectivity index (χ3v) is 10.7. The molecule has 2 fully saturated rings. The van der Waals surface area contributed by atoms with E-state index in [1.165, 1.54) is 45.6 Å². The van der Waals surface area contributed by atoms with Crippen molar-refractivity contribution in [3.05, 3.63) is 94.0 Å². The Balaban J connectivity index is 1.18. The fourth-order valence-electron chi connectivity index (χ4n) is 7.93. The SMILES string of the molecule is COc1cc(C(=O)C(CO)c2cc([C@H]3OC[C@H]4[C@@H]3CO[C@@H]4c3cc(OC)c4c(c3)C(CO)C(c3ccc(O)c(OC)c3)O4)cc(OC)c2O)ccc1O. The van der Waals surface area contributed by atoms with E-state index in [1.807, 2.05) is 12.1 Å². The van der Waals surface area contributed by atoms with E-state index in [4.69, 9.17) is 33.2 Å². The highest BCUT2D eigenvalue weighted by atomic mass is 16.5. The number of aromatic hydroxyl groups is 3. The monoisotopic (exact) mass is 730 g/mol. The van der Waals surface area contributed by atoms with Gasteiger partial charge in [-0.05, 0) is 71.3 Å². The van der Waals surface area contributed by atoms with Gasteiger partial charge < -0.3 is 58.7 Å². The normalized spacial score (nSPS) is 23.5. The van der Waals surface area contributed by atoms with Crippen molar-refractivity contribution in [2.75, 3.05) is 54.9 Å². The van der Waals surface area contributed by atoms with Crippen LogP contribution in [0.25, 0.3) is 0 Å². The molecular weight excluding hydrogens is 688 g/mol. The molecule has 4 aromatic carbocycles. The van der Waals surface area contributed by atoms with Crippen molar-refractivity contribution >= 4 is 5.78 Å². The predicted octanol–water partition coefficient (Wildman–Crippen LogP) is 5.08. The molecule has 0 aromatic heterocycles. The van der Waals surface area contributed by atoms with Gasteiger partial charge in [0.2, 0.25) is 0 Å². The highest BCUT2D eigenvalue weighted by molar-refractivity contribution is 6.02. The van der Waals surface area contributed by atoms with Crippen molar-refractivity contribution in [3.63, 3.8) is 0 Å². The zero-order valence-electron chi connectivity index (χ0n) is 29.6. The van der Waals surface area contributed by atoms with Gasteiger partial charge in [-0.3, -0.25) is 4.79 Å². The van der Waals surface area contributed by atoms with Crippen LogP contribution in [0.15, 0.2) is 60.7 Å². The van der Waals surface area contributed by atoms with Gasteiger partial charge in [0, 0.05) is 28.5 Å². The first-order valence-corrected chi connectivity index (χ1v) is 17.2. The Kier molecular flexibility index (Phi) is 10.0. The standard InChI is InChI=1S/C40H42O13/c1-47-31-11-19(5-7-29(31)43)35(45)25(15-41)23-9-21(13-33(49-3)36(23)46)37-27-17-52-38(28(27)18-51-37)22-10-24-26(16-42)39(53-40(24)34(14-22)50-4)20-6-8-30(44)32(12-20)48-2/h5-14,25-28,37-39,41-44,46H,15-18H2,1-4H3/t25?,26?,27-,28-,37+,38+,39?/m0/s1. The van der Waals surface area contributed by atoms with E-state index in [-0.39, 0.29) is 64.4 Å². The molecule has 0 aliphatic carbocycles. The molecule has 13 heteroatoms. The van der Waals surface area contributed by atoms with E-state index in [1.54, 1.807) is 31.4 Å². The van der Waals surface area contributed by atoms with Crippen molar-refractivity contribution < 1.29 is 63.5 Å². The summed E-state index contributed by atoms with van der Waals surface area (Å²) in [4.78, 5) is 13.7. The minimum absolute atomic E-state index is 0.00370. The van der Waals surface area contributed by atoms with Crippen LogP contribution in [0.1, 0.15) is 68.3 Å². The second kappa shape index (κ2) is 14.7. The number of benzene rings is 4. The summed E-state index contributed by atoms with van der Waals surface area (Å²) >= 11 is 0. The largest absolute Gasteiger partial charge is 0.504 e. The molecule has 0 bridgehead atoms. The van der Waals surface area contributed by atoms with Crippen LogP contribution in [0.4, 0.5) is 0 Å². The van der Waals surface area contributed by atoms with E-state index in [2.05, 4.69) is 0 Å². The van der Waals surface area contributed by atoms with Crippen molar-refractivity contribution in [1.82, 2.24) is 0 Å². The quantitative estimate of drug-likeness (QED) is 0.122. The Morgan fingerprint density at radius 3 is 1.87 bits per heavy atom. The van der Waals surface area contributed by atoms with Gasteiger partial charge in [0.15, 0.2) is 51.8 Å². The first-order valence-electron chi connectivity index (χ1n) is 17.2. The number of hydrogen-bond donors (Lipinski definition) is 5. The second-order valence-corrected chi connectivity index (χ2v) is 13.4. The zero-order valence-corrected chi connectivity index (χ0v) is 29.6. The molecule has 13 nitrogen and oxygen atoms in total. The number of aliphatic hydroxyl groups is 2. The fraction of sp³-hybridized carbons (Fsp3) is 0.375. The number of hydrogen-bond acceptors (Lipinski definition) is 13. The summed E-state index contributed by atoms with van der Waals surface area (Å²) in [5.41, 5.74) is 3.32. The highest BCUT2D eigenvalue weighted by Crippen LogP contribution is 2.56. The summed E-state index contributed by atoms with van der Waals surface area (Å²) in [6.07, 6.45) is -1.43. The molecule has 7 rings (SSSR count). The molecule has 7 atom stereocenters. The molecule has 4 aromatic rings. The number of fused-ring (bicyclic) bond motifs is 2. The molecule has 3 aliphatic rings. The number of rotatable bonds is 12. The van der Waals surface area contributed by atoms with Crippen LogP contribution in [-0.4, -0.2) is 86.2 Å². The Hall–Kier alpha value is -5.21. The second-order valence-electron chi connectivity index (χ2n) is 13.4. The summed E-state index contributed by atoms with van der Waals surface area (Å²) < 4.78 is 41.0. The summed E-state index contributed by atoms with van der Waals surface area (Å²) in [5.74, 6) is -1.19. The van der Waals surface area contributed by atoms with Crippen LogP contribution in [0.5, 0.6) is 46.0 Å². The van der Waals surface area contributed by atoms with Gasteiger partial charge in [-0.2, -0.15) is 0 Å². The Morgan fingerprint density at radius 1 is 0.698 bits per heavy atom. The van der Waals surface area contributed by atoms with Crippen LogP contribution >= 0.6 is 0 Å². The molecule has 280 valence electrons. The first-order chi connectivity index (χ1) is 25.6. The molecule has 53 heavy (non-hydrogen) atoms. The molecule has 3 unspecified atom stereocenters. The molecule has 0 saturated carbocycles. The van der Waals surface area contributed by atoms with Crippen molar-refractivity contribution in [2.24, 2.45) is 11.8 Å². The van der Waals surface area contributed by atoms with Gasteiger partial charge in [-0.15, -0.1) is 0 Å². The predicted molar refractivity (Wildman–Crippen MR) is 189 cm³/mol. The summed E-state index contributed by atoms with van der Waals surface area (Å²) in [6, 6.07) is 16.3. The van der Waals surface area contributed by atoms with Crippen LogP contribution in [-0.2, 0) is 9.47 Å². The maximum absolute atomic E-state index is 13.7. The van der Waals surface area contributed by atoms with E-state index in [0.29, 0.717) is 36.0 Å². The number of phenols is 3. The smallest absolute Gasteiger partial charge is 0.172 e. The number of ether oxygens (including phenoxy) is 7. The lowest BCUT2D eigenvalue weighted by molar-refractivity contribution is 0.0190. The Morgan fingerprint density at radius 2 is 1.26 bits per heavy atom. The van der Waals surface area contributed by atoms with Crippen LogP contribution in [0.3, 0.4) is 0 Å². The van der Waals surface area contributed by atoms with E-state index < -0.39 is 36.4 Å². The lowest BCUT2D eigenvalue weighted by Gasteiger charge is -2.22. The van der Waals surface area contributed by atoms with Gasteiger partial charge in [0.25, 0.3) is 0 Å². The van der Waals surface area contributed by atoms with E-state index >= 15 is 0 Å². The number of aliphatic hydroxyl groups excluding tert-OH is 2. The number of carbonyl (C=O) groups excluding carboxylic acids is 1. The summed E-state index contributed by atoms with van der Waals surface area (Å²) in [5, 5.41) is 52.4. The fourth-order valence-corrected chi connectivity index (χ4v) is 7.93. The van der Waals surface area contributed by atoms with Gasteiger partial charge >= 0.3 is 0 Å². The maximum Gasteiger partial charge on any atom is 0.172 e. The minimum atomic E-state index is -1.16. The molecule has 2 saturated heterocycles. The van der Waals surface area contributed by atoms with Crippen molar-refractivity contribution in [1.29, 1.82) is 0 Å². The maximum atomic E-state index is 13.7. The number of phenolic OH excluding ortho intramolecular Hbond substituents is 3. The summed E-state index contributed by atoms with van der Waals surface area (Å²) in [7, 11) is 5.80. The number of Topliss-reactive ketones (excluding diaryl/α,β-unsaturated/α-hetero) is 1. The Bertz CT molecular complexity index is 2010. The summed E-state index contributed by atoms with van der Waals surface area (Å²) in [6.45, 7) is -0.115. The third-order valence-electron chi connectivity index (χ3n) is 10.7. The molecule has 5 N–H and O–H groups in total. The molecule has 3 aliphatic heterocycles. The lowest BCUT2D eigenvalue weighted by atomic mass is 9.82. The van der Waals surface area contributed by atoms with Gasteiger partial charge in [0.1, 0.15) is 6.10 Å². The van der Waals surface area contributed by atoms with Crippen molar-refractivity contribution in [3.8, 4) is 46.0 Å². The molecular formula is C40H42O13. The highest BCUT2D eigenvalue weighted by Gasteiger charge is 2.49. The van der Waals surface area contributed by atoms with Crippen LogP contribution in [0, 0.1) is 11.8 Å². The number of methoxy groups -OCH3 is 4. The molecule has 0 spiro atoms. The van der Waals surface area contributed by atoms with Crippen LogP contribution < -0.4 is 23.7 Å². The van der Waals surface area contributed by atoms with Gasteiger partial charge in [0.05, 0.1) is 78.9 Å². The van der Waals surface area contributed by atoms with E-state index in [9.17, 15) is 30.3 Å². The molecule has 0 radical (unpaired) electrons.